The van der Waals surface area contributed by atoms with Crippen molar-refractivity contribution >= 4 is 0 Å². The highest BCUT2D eigenvalue weighted by molar-refractivity contribution is 5.36. The van der Waals surface area contributed by atoms with E-state index in [1.807, 2.05) is 0 Å². The van der Waals surface area contributed by atoms with Gasteiger partial charge in [-0.05, 0) is 49.9 Å². The predicted molar refractivity (Wildman–Crippen MR) is 54.4 cm³/mol. The van der Waals surface area contributed by atoms with Crippen molar-refractivity contribution in [3.05, 3.63) is 46.5 Å². The van der Waals surface area contributed by atoms with Crippen molar-refractivity contribution in [2.75, 3.05) is 0 Å². The number of benzene rings is 1. The zero-order valence-electron chi connectivity index (χ0n) is 8.75. The second-order valence-corrected chi connectivity index (χ2v) is 3.73. The third-order valence-corrected chi connectivity index (χ3v) is 2.24. The maximum Gasteiger partial charge on any atom is 0.130 e. The molecule has 14 heavy (non-hydrogen) atoms. The second kappa shape index (κ2) is 3.91. The number of allylic oxidation sites excluding steroid dienone is 1. The van der Waals surface area contributed by atoms with E-state index < -0.39 is 0 Å². The van der Waals surface area contributed by atoms with Gasteiger partial charge in [-0.1, -0.05) is 12.2 Å². The second-order valence-electron chi connectivity index (χ2n) is 3.73. The minimum absolute atomic E-state index is 0.313. The predicted octanol–water partition coefficient (Wildman–Crippen LogP) is 3.70. The summed E-state index contributed by atoms with van der Waals surface area (Å²) in [6.45, 7) is 8.67. The van der Waals surface area contributed by atoms with Gasteiger partial charge in [-0.2, -0.15) is 0 Å². The third-order valence-electron chi connectivity index (χ3n) is 2.24. The van der Waals surface area contributed by atoms with Gasteiger partial charge in [0.05, 0.1) is 0 Å². The summed E-state index contributed by atoms with van der Waals surface area (Å²) in [6.07, 6.45) is 0.399. The standard InChI is InChI=1S/C12H14F2/c1-7(2)5-10-9(4)11(13)6-8(3)12(10)14/h6H,1,5H2,2-4H3. The van der Waals surface area contributed by atoms with Crippen molar-refractivity contribution in [1.82, 2.24) is 0 Å². The Morgan fingerprint density at radius 3 is 2.43 bits per heavy atom. The highest BCUT2D eigenvalue weighted by Gasteiger charge is 2.12. The highest BCUT2D eigenvalue weighted by Crippen LogP contribution is 2.22. The van der Waals surface area contributed by atoms with Gasteiger partial charge in [0.2, 0.25) is 0 Å². The van der Waals surface area contributed by atoms with Crippen LogP contribution in [0.2, 0.25) is 0 Å². The van der Waals surface area contributed by atoms with Crippen LogP contribution in [0, 0.1) is 25.5 Å². The molecule has 0 spiro atoms. The van der Waals surface area contributed by atoms with Gasteiger partial charge in [0.1, 0.15) is 11.6 Å². The Hall–Kier alpha value is -1.18. The molecule has 0 aliphatic carbocycles. The molecule has 0 nitrogen and oxygen atoms in total. The number of hydrogen-bond donors (Lipinski definition) is 0. The number of rotatable bonds is 2. The fourth-order valence-corrected chi connectivity index (χ4v) is 1.42. The summed E-state index contributed by atoms with van der Waals surface area (Å²) < 4.78 is 26.9. The molecule has 0 amide bonds. The van der Waals surface area contributed by atoms with E-state index in [1.165, 1.54) is 6.07 Å². The topological polar surface area (TPSA) is 0 Å². The molecule has 0 aliphatic heterocycles. The molecule has 0 atom stereocenters. The molecular formula is C12H14F2. The Morgan fingerprint density at radius 1 is 1.36 bits per heavy atom. The summed E-state index contributed by atoms with van der Waals surface area (Å²) in [4.78, 5) is 0. The lowest BCUT2D eigenvalue weighted by Crippen LogP contribution is -2.01. The summed E-state index contributed by atoms with van der Waals surface area (Å²) in [7, 11) is 0. The summed E-state index contributed by atoms with van der Waals surface area (Å²) in [6, 6.07) is 1.23. The van der Waals surface area contributed by atoms with Gasteiger partial charge >= 0.3 is 0 Å². The average Bonchev–Trinajstić information content (AvgIpc) is 2.09. The van der Waals surface area contributed by atoms with Crippen LogP contribution in [0.1, 0.15) is 23.6 Å². The van der Waals surface area contributed by atoms with Crippen molar-refractivity contribution in [3.63, 3.8) is 0 Å². The van der Waals surface area contributed by atoms with Crippen molar-refractivity contribution in [2.45, 2.75) is 27.2 Å². The molecule has 0 N–H and O–H groups in total. The lowest BCUT2D eigenvalue weighted by Gasteiger charge is -2.10. The third kappa shape index (κ3) is 2.00. The highest BCUT2D eigenvalue weighted by atomic mass is 19.1. The van der Waals surface area contributed by atoms with E-state index in [9.17, 15) is 8.78 Å². The van der Waals surface area contributed by atoms with Crippen LogP contribution in [0.5, 0.6) is 0 Å². The van der Waals surface area contributed by atoms with Gasteiger partial charge in [0, 0.05) is 0 Å². The van der Waals surface area contributed by atoms with Crippen LogP contribution in [0.25, 0.3) is 0 Å². The molecule has 1 rings (SSSR count). The van der Waals surface area contributed by atoms with Crippen LogP contribution in [-0.4, -0.2) is 0 Å². The van der Waals surface area contributed by atoms with E-state index >= 15 is 0 Å². The lowest BCUT2D eigenvalue weighted by molar-refractivity contribution is 0.572. The monoisotopic (exact) mass is 196 g/mol. The molecule has 0 fully saturated rings. The Balaban J connectivity index is 3.31. The van der Waals surface area contributed by atoms with Gasteiger partial charge in [0.25, 0.3) is 0 Å². The van der Waals surface area contributed by atoms with Crippen LogP contribution in [0.4, 0.5) is 8.78 Å². The van der Waals surface area contributed by atoms with E-state index in [1.54, 1.807) is 20.8 Å². The molecule has 1 aromatic carbocycles. The van der Waals surface area contributed by atoms with Gasteiger partial charge in [0.15, 0.2) is 0 Å². The van der Waals surface area contributed by atoms with Crippen molar-refractivity contribution in [1.29, 1.82) is 0 Å². The zero-order valence-corrected chi connectivity index (χ0v) is 8.75. The maximum atomic E-state index is 13.6. The molecular weight excluding hydrogens is 182 g/mol. The Bertz CT molecular complexity index is 352. The van der Waals surface area contributed by atoms with Crippen molar-refractivity contribution in [3.8, 4) is 0 Å². The summed E-state index contributed by atoms with van der Waals surface area (Å²) in [5.74, 6) is -0.660. The zero-order chi connectivity index (χ0) is 10.9. The van der Waals surface area contributed by atoms with E-state index in [4.69, 9.17) is 0 Å². The molecule has 0 saturated heterocycles. The molecule has 0 aromatic heterocycles. The fraction of sp³-hybridized carbons (Fsp3) is 0.333. The first-order valence-corrected chi connectivity index (χ1v) is 4.52. The molecule has 0 radical (unpaired) electrons. The van der Waals surface area contributed by atoms with Crippen molar-refractivity contribution < 1.29 is 8.78 Å². The minimum atomic E-state index is -0.347. The van der Waals surface area contributed by atoms with E-state index in [-0.39, 0.29) is 11.6 Å². The van der Waals surface area contributed by atoms with Crippen molar-refractivity contribution in [2.24, 2.45) is 0 Å². The summed E-state index contributed by atoms with van der Waals surface area (Å²) >= 11 is 0. The van der Waals surface area contributed by atoms with E-state index in [2.05, 4.69) is 6.58 Å². The van der Waals surface area contributed by atoms with E-state index in [0.29, 0.717) is 23.1 Å². The summed E-state index contributed by atoms with van der Waals surface area (Å²) in [5, 5.41) is 0. The van der Waals surface area contributed by atoms with Gasteiger partial charge in [-0.15, -0.1) is 0 Å². The van der Waals surface area contributed by atoms with Crippen LogP contribution in [0.3, 0.4) is 0 Å². The van der Waals surface area contributed by atoms with Gasteiger partial charge in [-0.25, -0.2) is 8.78 Å². The molecule has 1 aromatic rings. The smallest absolute Gasteiger partial charge is 0.130 e. The maximum absolute atomic E-state index is 13.6. The first kappa shape index (κ1) is 10.9. The fourth-order valence-electron chi connectivity index (χ4n) is 1.42. The number of halogens is 2. The van der Waals surface area contributed by atoms with Gasteiger partial charge < -0.3 is 0 Å². The lowest BCUT2D eigenvalue weighted by atomic mass is 9.98. The van der Waals surface area contributed by atoms with Crippen LogP contribution >= 0.6 is 0 Å². The Labute approximate surface area is 83.3 Å². The first-order chi connectivity index (χ1) is 6.43. The minimum Gasteiger partial charge on any atom is -0.207 e. The molecule has 0 unspecified atom stereocenters. The largest absolute Gasteiger partial charge is 0.207 e. The molecule has 0 saturated carbocycles. The normalized spacial score (nSPS) is 10.4. The first-order valence-electron chi connectivity index (χ1n) is 4.52. The van der Waals surface area contributed by atoms with Crippen LogP contribution < -0.4 is 0 Å². The SMILES string of the molecule is C=C(C)Cc1c(C)c(F)cc(C)c1F. The van der Waals surface area contributed by atoms with Gasteiger partial charge in [-0.3, -0.25) is 0 Å². The number of aryl methyl sites for hydroxylation is 1. The van der Waals surface area contributed by atoms with Crippen LogP contribution in [0.15, 0.2) is 18.2 Å². The van der Waals surface area contributed by atoms with Crippen LogP contribution in [-0.2, 0) is 6.42 Å². The average molecular weight is 196 g/mol. The molecule has 0 heterocycles. The Morgan fingerprint density at radius 2 is 1.93 bits per heavy atom. The van der Waals surface area contributed by atoms with E-state index in [0.717, 1.165) is 5.57 Å². The molecule has 2 heteroatoms. The Kier molecular flexibility index (Phi) is 3.04. The molecule has 76 valence electrons. The molecule has 0 aliphatic rings. The molecule has 0 bridgehead atoms. The number of hydrogen-bond acceptors (Lipinski definition) is 0. The summed E-state index contributed by atoms with van der Waals surface area (Å²) in [5.41, 5.74) is 1.99. The quantitative estimate of drug-likeness (QED) is 0.633.